The van der Waals surface area contributed by atoms with E-state index >= 15 is 0 Å². The molecule has 0 atom stereocenters. The second-order valence-electron chi connectivity index (χ2n) is 5.74. The molecule has 1 aliphatic carbocycles. The Labute approximate surface area is 131 Å². The van der Waals surface area contributed by atoms with Gasteiger partial charge in [0.1, 0.15) is 0 Å². The molecular weight excluding hydrogens is 307 g/mol. The zero-order chi connectivity index (χ0) is 13.9. The van der Waals surface area contributed by atoms with E-state index in [-0.39, 0.29) is 0 Å². The van der Waals surface area contributed by atoms with E-state index in [1.54, 1.807) is 0 Å². The van der Waals surface area contributed by atoms with E-state index < -0.39 is 0 Å². The van der Waals surface area contributed by atoms with E-state index in [1.807, 2.05) is 0 Å². The maximum atomic E-state index is 5.98. The third-order valence-electron chi connectivity index (χ3n) is 4.33. The Morgan fingerprint density at radius 1 is 0.750 bits per heavy atom. The summed E-state index contributed by atoms with van der Waals surface area (Å²) in [6, 6.07) is 17.5. The minimum Gasteiger partial charge on any atom is -0.0773 e. The molecule has 2 radical (unpaired) electrons. The van der Waals surface area contributed by atoms with Crippen LogP contribution in [0.3, 0.4) is 0 Å². The van der Waals surface area contributed by atoms with Gasteiger partial charge in [-0.3, -0.25) is 0 Å². The molecule has 0 bridgehead atoms. The summed E-state index contributed by atoms with van der Waals surface area (Å²) in [5.41, 5.74) is 4.02. The van der Waals surface area contributed by atoms with Gasteiger partial charge in [0.25, 0.3) is 0 Å². The quantitative estimate of drug-likeness (QED) is 0.619. The molecule has 100 valence electrons. The molecule has 0 heterocycles. The van der Waals surface area contributed by atoms with E-state index in [1.165, 1.54) is 42.4 Å². The number of hydrogen-bond donors (Lipinski definition) is 0. The van der Waals surface area contributed by atoms with Gasteiger partial charge < -0.3 is 0 Å². The van der Waals surface area contributed by atoms with Gasteiger partial charge in [-0.25, -0.2) is 0 Å². The summed E-state index contributed by atoms with van der Waals surface area (Å²) in [7, 11) is 5.98. The summed E-state index contributed by atoms with van der Waals surface area (Å²) in [5.74, 6) is 1.13. The minimum absolute atomic E-state index is 0.424. The van der Waals surface area contributed by atoms with Gasteiger partial charge in [-0.2, -0.15) is 0 Å². The van der Waals surface area contributed by atoms with Crippen LogP contribution in [0.5, 0.6) is 0 Å². The molecule has 1 saturated carbocycles. The molecule has 1 aliphatic rings. The molecule has 2 heteroatoms. The van der Waals surface area contributed by atoms with Gasteiger partial charge in [-0.1, -0.05) is 71.0 Å². The summed E-state index contributed by atoms with van der Waals surface area (Å²) < 4.78 is 1.12. The average Bonchev–Trinajstić information content (AvgIpc) is 2.49. The van der Waals surface area contributed by atoms with Gasteiger partial charge in [0, 0.05) is 4.47 Å². The standard InChI is InChI=1S/C18H18BBr/c19-17-9-5-15(6-10-17)13-1-3-14(4-2-13)16-7-11-18(20)12-8-16/h1-4,7-8,11-12,15,17H,5-6,9-10H2. The Bertz CT molecular complexity index is 551. The first kappa shape index (κ1) is 13.9. The predicted molar refractivity (Wildman–Crippen MR) is 90.3 cm³/mol. The normalized spacial score (nSPS) is 22.6. The maximum Gasteiger partial charge on any atom is 0.0699 e. The highest BCUT2D eigenvalue weighted by atomic mass is 79.9. The van der Waals surface area contributed by atoms with E-state index in [2.05, 4.69) is 64.5 Å². The van der Waals surface area contributed by atoms with Gasteiger partial charge in [0.2, 0.25) is 0 Å². The first-order valence-corrected chi connectivity index (χ1v) is 8.13. The number of rotatable bonds is 2. The predicted octanol–water partition coefficient (Wildman–Crippen LogP) is 5.73. The molecule has 0 amide bonds. The van der Waals surface area contributed by atoms with E-state index in [0.717, 1.165) is 4.47 Å². The van der Waals surface area contributed by atoms with Crippen LogP contribution in [0.15, 0.2) is 53.0 Å². The van der Waals surface area contributed by atoms with Crippen molar-refractivity contribution in [1.82, 2.24) is 0 Å². The highest BCUT2D eigenvalue weighted by molar-refractivity contribution is 9.10. The number of hydrogen-bond acceptors (Lipinski definition) is 0. The fourth-order valence-corrected chi connectivity index (χ4v) is 3.31. The third-order valence-corrected chi connectivity index (χ3v) is 4.86. The van der Waals surface area contributed by atoms with Crippen molar-refractivity contribution in [2.75, 3.05) is 0 Å². The lowest BCUT2D eigenvalue weighted by atomic mass is 9.70. The number of halogens is 1. The molecule has 0 N–H and O–H groups in total. The maximum absolute atomic E-state index is 5.98. The van der Waals surface area contributed by atoms with Crippen LogP contribution in [0.2, 0.25) is 5.82 Å². The molecule has 0 nitrogen and oxygen atoms in total. The van der Waals surface area contributed by atoms with Crippen LogP contribution < -0.4 is 0 Å². The highest BCUT2D eigenvalue weighted by Gasteiger charge is 2.19. The Kier molecular flexibility index (Phi) is 4.31. The summed E-state index contributed by atoms with van der Waals surface area (Å²) in [5, 5.41) is 0. The van der Waals surface area contributed by atoms with Crippen molar-refractivity contribution < 1.29 is 0 Å². The summed E-state index contributed by atoms with van der Waals surface area (Å²) >= 11 is 3.48. The van der Waals surface area contributed by atoms with E-state index in [9.17, 15) is 0 Å². The highest BCUT2D eigenvalue weighted by Crippen LogP contribution is 2.37. The van der Waals surface area contributed by atoms with Crippen LogP contribution in [0.25, 0.3) is 11.1 Å². The zero-order valence-corrected chi connectivity index (χ0v) is 13.1. The Morgan fingerprint density at radius 2 is 1.25 bits per heavy atom. The summed E-state index contributed by atoms with van der Waals surface area (Å²) in [4.78, 5) is 0. The van der Waals surface area contributed by atoms with Gasteiger partial charge in [-0.05, 0) is 47.6 Å². The van der Waals surface area contributed by atoms with Crippen molar-refractivity contribution >= 4 is 23.8 Å². The monoisotopic (exact) mass is 324 g/mol. The smallest absolute Gasteiger partial charge is 0.0699 e. The molecule has 20 heavy (non-hydrogen) atoms. The fraction of sp³-hybridized carbons (Fsp3) is 0.333. The molecule has 0 spiro atoms. The largest absolute Gasteiger partial charge is 0.0773 e. The minimum atomic E-state index is 0.424. The second kappa shape index (κ2) is 6.18. The summed E-state index contributed by atoms with van der Waals surface area (Å²) in [6.07, 6.45) is 4.80. The first-order chi connectivity index (χ1) is 9.72. The van der Waals surface area contributed by atoms with Crippen LogP contribution >= 0.6 is 15.9 Å². The van der Waals surface area contributed by atoms with E-state index in [0.29, 0.717) is 11.7 Å². The third kappa shape index (κ3) is 3.17. The van der Waals surface area contributed by atoms with Gasteiger partial charge in [-0.15, -0.1) is 0 Å². The molecular formula is C18H18BBr. The van der Waals surface area contributed by atoms with Crippen molar-refractivity contribution in [3.63, 3.8) is 0 Å². The lowest BCUT2D eigenvalue weighted by molar-refractivity contribution is 0.444. The molecule has 1 fully saturated rings. The van der Waals surface area contributed by atoms with Crippen LogP contribution in [0, 0.1) is 0 Å². The Hall–Kier alpha value is -1.02. The van der Waals surface area contributed by atoms with Crippen molar-refractivity contribution in [2.24, 2.45) is 0 Å². The molecule has 2 aromatic carbocycles. The van der Waals surface area contributed by atoms with Crippen LogP contribution in [-0.4, -0.2) is 7.85 Å². The lowest BCUT2D eigenvalue weighted by Gasteiger charge is -2.26. The molecule has 2 aromatic rings. The van der Waals surface area contributed by atoms with Gasteiger partial charge in [0.05, 0.1) is 7.85 Å². The van der Waals surface area contributed by atoms with Crippen molar-refractivity contribution in [1.29, 1.82) is 0 Å². The number of benzene rings is 2. The Morgan fingerprint density at radius 3 is 1.80 bits per heavy atom. The molecule has 0 aromatic heterocycles. The van der Waals surface area contributed by atoms with Gasteiger partial charge in [0.15, 0.2) is 0 Å². The zero-order valence-electron chi connectivity index (χ0n) is 11.6. The fourth-order valence-electron chi connectivity index (χ4n) is 3.04. The van der Waals surface area contributed by atoms with Crippen LogP contribution in [-0.2, 0) is 0 Å². The van der Waals surface area contributed by atoms with Crippen molar-refractivity contribution in [3.8, 4) is 11.1 Å². The topological polar surface area (TPSA) is 0 Å². The van der Waals surface area contributed by atoms with E-state index in [4.69, 9.17) is 7.85 Å². The summed E-state index contributed by atoms with van der Waals surface area (Å²) in [6.45, 7) is 0. The lowest BCUT2D eigenvalue weighted by Crippen LogP contribution is -2.09. The Balaban J connectivity index is 1.76. The first-order valence-electron chi connectivity index (χ1n) is 7.34. The molecule has 3 rings (SSSR count). The molecule has 0 aliphatic heterocycles. The van der Waals surface area contributed by atoms with Gasteiger partial charge >= 0.3 is 0 Å². The second-order valence-corrected chi connectivity index (χ2v) is 6.66. The van der Waals surface area contributed by atoms with Crippen molar-refractivity contribution in [2.45, 2.75) is 37.4 Å². The SMILES string of the molecule is [B]C1CCC(c2ccc(-c3ccc(Br)cc3)cc2)CC1. The molecule has 0 saturated heterocycles. The van der Waals surface area contributed by atoms with Crippen molar-refractivity contribution in [3.05, 3.63) is 58.6 Å². The van der Waals surface area contributed by atoms with Crippen LogP contribution in [0.4, 0.5) is 0 Å². The molecule has 0 unspecified atom stereocenters. The average molecular weight is 325 g/mol. The van der Waals surface area contributed by atoms with Crippen LogP contribution in [0.1, 0.15) is 37.2 Å².